The van der Waals surface area contributed by atoms with Gasteiger partial charge in [0.05, 0.1) is 13.1 Å². The second-order valence-electron chi connectivity index (χ2n) is 10.5. The number of benzene rings is 3. The molecule has 3 aromatic carbocycles. The van der Waals surface area contributed by atoms with Crippen LogP contribution in [0.5, 0.6) is 0 Å². The number of rotatable bonds is 8. The number of amides is 4. The van der Waals surface area contributed by atoms with Gasteiger partial charge >= 0.3 is 6.03 Å². The number of hydrogen-bond donors (Lipinski definition) is 1. The van der Waals surface area contributed by atoms with Crippen molar-refractivity contribution in [2.75, 3.05) is 26.2 Å². The van der Waals surface area contributed by atoms with Crippen LogP contribution in [0, 0.1) is 0 Å². The van der Waals surface area contributed by atoms with Crippen LogP contribution in [-0.2, 0) is 22.6 Å². The maximum Gasteiger partial charge on any atom is 0.334 e. The number of hydrazine groups is 1. The van der Waals surface area contributed by atoms with Crippen LogP contribution in [0.25, 0.3) is 0 Å². The highest BCUT2D eigenvalue weighted by Gasteiger charge is 2.51. The van der Waals surface area contributed by atoms with E-state index in [0.717, 1.165) is 16.7 Å². The van der Waals surface area contributed by atoms with Gasteiger partial charge < -0.3 is 15.1 Å². The summed E-state index contributed by atoms with van der Waals surface area (Å²) < 4.78 is 0. The maximum atomic E-state index is 14.0. The van der Waals surface area contributed by atoms with Crippen LogP contribution >= 0.6 is 0 Å². The van der Waals surface area contributed by atoms with Crippen molar-refractivity contribution in [3.8, 4) is 0 Å². The zero-order valence-corrected chi connectivity index (χ0v) is 23.1. The first-order valence-electron chi connectivity index (χ1n) is 14.0. The Hall–Kier alpha value is -4.17. The summed E-state index contributed by atoms with van der Waals surface area (Å²) in [7, 11) is 0. The minimum absolute atomic E-state index is 0.0464. The molecular weight excluding hydrogens is 502 g/mol. The van der Waals surface area contributed by atoms with Gasteiger partial charge in [0.25, 0.3) is 0 Å². The summed E-state index contributed by atoms with van der Waals surface area (Å²) in [5, 5.41) is 6.49. The van der Waals surface area contributed by atoms with E-state index in [1.165, 1.54) is 0 Å². The molecule has 208 valence electrons. The number of hydrogen-bond acceptors (Lipinski definition) is 4. The second-order valence-corrected chi connectivity index (χ2v) is 10.5. The van der Waals surface area contributed by atoms with E-state index in [2.05, 4.69) is 24.4 Å². The zero-order valence-electron chi connectivity index (χ0n) is 23.1. The lowest BCUT2D eigenvalue weighted by molar-refractivity contribution is -0.190. The standard InChI is InChI=1S/C32H37N5O3/c1-3-35-23-30(38)36-28(19-25-13-7-4-8-14-25)31(39)34(21-24(2)27-17-11-6-12-18-27)22-29(36)37(35)32(40)33-20-26-15-9-5-10-16-26/h4-18,24,28-29H,3,19-23H2,1-2H3,(H,33,40)/t24?,28-,29-/m0/s1. The molecule has 0 bridgehead atoms. The second kappa shape index (κ2) is 12.3. The number of likely N-dealkylation sites (N-methyl/N-ethyl adjacent to an activating group) is 1. The molecule has 4 amide bonds. The average molecular weight is 540 g/mol. The third-order valence-corrected chi connectivity index (χ3v) is 7.82. The summed E-state index contributed by atoms with van der Waals surface area (Å²) in [6.07, 6.45) is -0.213. The molecule has 2 aliphatic rings. The number of carbonyl (C=O) groups excluding carboxylic acids is 3. The smallest absolute Gasteiger partial charge is 0.334 e. The Morgan fingerprint density at radius 3 is 2.12 bits per heavy atom. The summed E-state index contributed by atoms with van der Waals surface area (Å²) in [6, 6.07) is 28.7. The first kappa shape index (κ1) is 27.4. The molecule has 1 N–H and O–H groups in total. The van der Waals surface area contributed by atoms with Gasteiger partial charge in [-0.25, -0.2) is 14.8 Å². The normalized spacial score (nSPS) is 20.3. The third kappa shape index (κ3) is 5.87. The fraction of sp³-hybridized carbons (Fsp3) is 0.344. The summed E-state index contributed by atoms with van der Waals surface area (Å²) in [6.45, 7) is 5.70. The SMILES string of the molecule is CCN1CC(=O)N2[C@@H](Cc3ccccc3)C(=O)N(CC(C)c3ccccc3)C[C@@H]2N1C(=O)NCc1ccccc1. The van der Waals surface area contributed by atoms with Crippen LogP contribution in [0.1, 0.15) is 36.5 Å². The van der Waals surface area contributed by atoms with Crippen molar-refractivity contribution in [2.45, 2.75) is 44.9 Å². The molecule has 2 heterocycles. The first-order valence-corrected chi connectivity index (χ1v) is 14.0. The number of urea groups is 1. The quantitative estimate of drug-likeness (QED) is 0.472. The highest BCUT2D eigenvalue weighted by atomic mass is 16.2. The lowest BCUT2D eigenvalue weighted by Gasteiger charge is -2.55. The Morgan fingerprint density at radius 2 is 1.50 bits per heavy atom. The van der Waals surface area contributed by atoms with Crippen LogP contribution in [0.2, 0.25) is 0 Å². The lowest BCUT2D eigenvalue weighted by Crippen LogP contribution is -2.76. The van der Waals surface area contributed by atoms with Crippen molar-refractivity contribution in [3.05, 3.63) is 108 Å². The summed E-state index contributed by atoms with van der Waals surface area (Å²) in [4.78, 5) is 44.9. The largest absolute Gasteiger partial charge is 0.336 e. The zero-order chi connectivity index (χ0) is 28.1. The van der Waals surface area contributed by atoms with Crippen molar-refractivity contribution in [2.24, 2.45) is 0 Å². The van der Waals surface area contributed by atoms with Gasteiger partial charge in [-0.2, -0.15) is 0 Å². The highest BCUT2D eigenvalue weighted by molar-refractivity contribution is 5.91. The molecule has 0 saturated carbocycles. The van der Waals surface area contributed by atoms with Crippen molar-refractivity contribution in [1.29, 1.82) is 0 Å². The Labute approximate surface area is 236 Å². The van der Waals surface area contributed by atoms with E-state index in [1.807, 2.05) is 90.7 Å². The van der Waals surface area contributed by atoms with Gasteiger partial charge in [-0.1, -0.05) is 105 Å². The number of carbonyl (C=O) groups is 3. The van der Waals surface area contributed by atoms with Crippen LogP contribution in [0.3, 0.4) is 0 Å². The molecule has 40 heavy (non-hydrogen) atoms. The van der Waals surface area contributed by atoms with E-state index in [0.29, 0.717) is 26.1 Å². The predicted molar refractivity (Wildman–Crippen MR) is 154 cm³/mol. The predicted octanol–water partition coefficient (Wildman–Crippen LogP) is 3.86. The Kier molecular flexibility index (Phi) is 8.45. The Morgan fingerprint density at radius 1 is 0.900 bits per heavy atom. The van der Waals surface area contributed by atoms with Gasteiger partial charge in [0, 0.05) is 26.1 Å². The van der Waals surface area contributed by atoms with Gasteiger partial charge in [-0.15, -0.1) is 0 Å². The Bertz CT molecular complexity index is 1300. The summed E-state index contributed by atoms with van der Waals surface area (Å²) in [5.41, 5.74) is 3.11. The van der Waals surface area contributed by atoms with Crippen molar-refractivity contribution in [1.82, 2.24) is 25.1 Å². The molecule has 1 unspecified atom stereocenters. The fourth-order valence-electron chi connectivity index (χ4n) is 5.74. The van der Waals surface area contributed by atoms with E-state index in [4.69, 9.17) is 0 Å². The lowest BCUT2D eigenvalue weighted by atomic mass is 9.96. The molecule has 3 aromatic rings. The number of nitrogens with zero attached hydrogens (tertiary/aromatic N) is 4. The van der Waals surface area contributed by atoms with E-state index >= 15 is 0 Å². The molecule has 0 radical (unpaired) electrons. The minimum atomic E-state index is -0.694. The fourth-order valence-corrected chi connectivity index (χ4v) is 5.74. The molecule has 3 atom stereocenters. The highest BCUT2D eigenvalue weighted by Crippen LogP contribution is 2.30. The number of nitrogens with one attached hydrogen (secondary N) is 1. The molecule has 2 aliphatic heterocycles. The minimum Gasteiger partial charge on any atom is -0.336 e. The van der Waals surface area contributed by atoms with E-state index in [1.54, 1.807) is 14.9 Å². The maximum absolute atomic E-state index is 14.0. The van der Waals surface area contributed by atoms with Crippen LogP contribution in [0.15, 0.2) is 91.0 Å². The van der Waals surface area contributed by atoms with E-state index in [-0.39, 0.29) is 36.9 Å². The van der Waals surface area contributed by atoms with Crippen molar-refractivity contribution < 1.29 is 14.4 Å². The molecule has 2 fully saturated rings. The molecule has 8 nitrogen and oxygen atoms in total. The van der Waals surface area contributed by atoms with Gasteiger partial charge in [0.1, 0.15) is 12.2 Å². The molecule has 8 heteroatoms. The molecule has 0 aromatic heterocycles. The van der Waals surface area contributed by atoms with E-state index < -0.39 is 12.2 Å². The molecule has 5 rings (SSSR count). The monoisotopic (exact) mass is 539 g/mol. The van der Waals surface area contributed by atoms with E-state index in [9.17, 15) is 14.4 Å². The average Bonchev–Trinajstić information content (AvgIpc) is 2.99. The van der Waals surface area contributed by atoms with Crippen molar-refractivity contribution in [3.63, 3.8) is 0 Å². The van der Waals surface area contributed by atoms with Crippen molar-refractivity contribution >= 4 is 17.8 Å². The van der Waals surface area contributed by atoms with Crippen LogP contribution < -0.4 is 5.32 Å². The van der Waals surface area contributed by atoms with Gasteiger partial charge in [0.2, 0.25) is 11.8 Å². The summed E-state index contributed by atoms with van der Waals surface area (Å²) in [5.74, 6) is -0.120. The number of piperazine rings is 1. The molecule has 0 aliphatic carbocycles. The first-order chi connectivity index (χ1) is 19.5. The van der Waals surface area contributed by atoms with Crippen LogP contribution in [0.4, 0.5) is 4.79 Å². The summed E-state index contributed by atoms with van der Waals surface area (Å²) >= 11 is 0. The third-order valence-electron chi connectivity index (χ3n) is 7.82. The van der Waals surface area contributed by atoms with Gasteiger partial charge in [0.15, 0.2) is 0 Å². The number of fused-ring (bicyclic) bond motifs is 1. The van der Waals surface area contributed by atoms with Crippen LogP contribution in [-0.4, -0.2) is 76.0 Å². The molecule has 0 spiro atoms. The topological polar surface area (TPSA) is 76.2 Å². The Balaban J connectivity index is 1.46. The molecule has 2 saturated heterocycles. The van der Waals surface area contributed by atoms with Gasteiger partial charge in [-0.05, 0) is 22.6 Å². The molecular formula is C32H37N5O3. The van der Waals surface area contributed by atoms with Gasteiger partial charge in [-0.3, -0.25) is 9.59 Å².